The number of rotatable bonds is 2. The number of hydrogen-bond donors (Lipinski definition) is 0. The summed E-state index contributed by atoms with van der Waals surface area (Å²) < 4.78 is 5.31. The van der Waals surface area contributed by atoms with E-state index in [4.69, 9.17) is 4.42 Å². The van der Waals surface area contributed by atoms with Gasteiger partial charge in [0.1, 0.15) is 5.52 Å². The van der Waals surface area contributed by atoms with Crippen LogP contribution in [0.15, 0.2) is 17.0 Å². The molecule has 13 heavy (non-hydrogen) atoms. The van der Waals surface area contributed by atoms with Crippen molar-refractivity contribution in [3.8, 4) is 0 Å². The Morgan fingerprint density at radius 3 is 3.00 bits per heavy atom. The van der Waals surface area contributed by atoms with Gasteiger partial charge < -0.3 is 4.42 Å². The van der Waals surface area contributed by atoms with Crippen LogP contribution in [0.2, 0.25) is 0 Å². The second-order valence-corrected chi connectivity index (χ2v) is 3.17. The van der Waals surface area contributed by atoms with Crippen LogP contribution in [-0.2, 0) is 6.42 Å². The first-order valence-electron chi connectivity index (χ1n) is 4.50. The van der Waals surface area contributed by atoms with Crippen molar-refractivity contribution in [3.05, 3.63) is 23.8 Å². The van der Waals surface area contributed by atoms with Gasteiger partial charge in [-0.1, -0.05) is 13.3 Å². The predicted octanol–water partition coefficient (Wildman–Crippen LogP) is 2.48. The maximum Gasteiger partial charge on any atom is 0.182 e. The molecule has 0 aliphatic rings. The summed E-state index contributed by atoms with van der Waals surface area (Å²) in [6.07, 6.45) is 5.37. The molecule has 0 aromatic carbocycles. The van der Waals surface area contributed by atoms with Crippen LogP contribution in [0.1, 0.15) is 24.6 Å². The van der Waals surface area contributed by atoms with Crippen molar-refractivity contribution in [2.24, 2.45) is 0 Å². The average Bonchev–Trinajstić information content (AvgIpc) is 2.59. The van der Waals surface area contributed by atoms with Crippen LogP contribution in [0.4, 0.5) is 0 Å². The van der Waals surface area contributed by atoms with E-state index in [9.17, 15) is 0 Å². The van der Waals surface area contributed by atoms with Gasteiger partial charge in [-0.15, -0.1) is 0 Å². The van der Waals surface area contributed by atoms with Crippen LogP contribution in [0.25, 0.3) is 11.1 Å². The maximum absolute atomic E-state index is 5.31. The molecule has 0 fully saturated rings. The highest BCUT2D eigenvalue weighted by atomic mass is 16.3. The Bertz CT molecular complexity index is 420. The average molecular weight is 176 g/mol. The van der Waals surface area contributed by atoms with Gasteiger partial charge in [-0.05, 0) is 18.9 Å². The Kier molecular flexibility index (Phi) is 2.00. The molecule has 0 bridgehead atoms. The fourth-order valence-electron chi connectivity index (χ4n) is 1.44. The van der Waals surface area contributed by atoms with Gasteiger partial charge in [0.05, 0.1) is 5.69 Å². The molecule has 0 unspecified atom stereocenters. The number of aryl methyl sites for hydroxylation is 2. The minimum absolute atomic E-state index is 0.849. The minimum Gasteiger partial charge on any atom is -0.442 e. The fraction of sp³-hybridized carbons (Fsp3) is 0.400. The monoisotopic (exact) mass is 176 g/mol. The third kappa shape index (κ3) is 1.30. The van der Waals surface area contributed by atoms with E-state index in [2.05, 4.69) is 16.9 Å². The first kappa shape index (κ1) is 8.23. The third-order valence-electron chi connectivity index (χ3n) is 2.10. The van der Waals surface area contributed by atoms with Gasteiger partial charge >= 0.3 is 0 Å². The summed E-state index contributed by atoms with van der Waals surface area (Å²) in [6.45, 7) is 4.12. The molecule has 0 spiro atoms. The van der Waals surface area contributed by atoms with E-state index in [0.717, 1.165) is 35.2 Å². The molecule has 3 heteroatoms. The smallest absolute Gasteiger partial charge is 0.182 e. The normalized spacial score (nSPS) is 10.9. The quantitative estimate of drug-likeness (QED) is 0.705. The third-order valence-corrected chi connectivity index (χ3v) is 2.10. The van der Waals surface area contributed by atoms with Crippen molar-refractivity contribution >= 4 is 11.1 Å². The molecule has 0 radical (unpaired) electrons. The van der Waals surface area contributed by atoms with E-state index in [1.807, 2.05) is 13.1 Å². The molecular weight excluding hydrogens is 164 g/mol. The summed E-state index contributed by atoms with van der Waals surface area (Å²) in [5, 5.41) is 0. The Morgan fingerprint density at radius 1 is 1.38 bits per heavy atom. The lowest BCUT2D eigenvalue weighted by Crippen LogP contribution is -1.91. The lowest BCUT2D eigenvalue weighted by molar-refractivity contribution is 0.594. The van der Waals surface area contributed by atoms with E-state index in [1.54, 1.807) is 0 Å². The van der Waals surface area contributed by atoms with E-state index < -0.39 is 0 Å². The van der Waals surface area contributed by atoms with Gasteiger partial charge in [-0.25, -0.2) is 4.98 Å². The summed E-state index contributed by atoms with van der Waals surface area (Å²) in [5.41, 5.74) is 3.88. The first-order valence-corrected chi connectivity index (χ1v) is 4.50. The molecule has 2 aromatic rings. The van der Waals surface area contributed by atoms with Crippen LogP contribution >= 0.6 is 0 Å². The van der Waals surface area contributed by atoms with Gasteiger partial charge in [-0.2, -0.15) is 0 Å². The number of hydrogen-bond acceptors (Lipinski definition) is 3. The molecule has 0 N–H and O–H groups in total. The van der Waals surface area contributed by atoms with Gasteiger partial charge in [0, 0.05) is 6.20 Å². The van der Waals surface area contributed by atoms with Gasteiger partial charge in [0.15, 0.2) is 12.0 Å². The maximum atomic E-state index is 5.31. The molecule has 2 heterocycles. The zero-order valence-electron chi connectivity index (χ0n) is 7.87. The lowest BCUT2D eigenvalue weighted by atomic mass is 10.2. The van der Waals surface area contributed by atoms with E-state index >= 15 is 0 Å². The second-order valence-electron chi connectivity index (χ2n) is 3.17. The topological polar surface area (TPSA) is 38.9 Å². The highest BCUT2D eigenvalue weighted by molar-refractivity contribution is 5.77. The SMILES string of the molecule is CCCc1ncc(C)c2ncoc12. The highest BCUT2D eigenvalue weighted by Crippen LogP contribution is 2.19. The molecule has 0 saturated carbocycles. The van der Waals surface area contributed by atoms with E-state index in [0.29, 0.717) is 0 Å². The van der Waals surface area contributed by atoms with Crippen molar-refractivity contribution in [2.45, 2.75) is 26.7 Å². The molecule has 68 valence electrons. The second kappa shape index (κ2) is 3.17. The molecule has 0 aliphatic carbocycles. The van der Waals surface area contributed by atoms with Crippen LogP contribution < -0.4 is 0 Å². The first-order chi connectivity index (χ1) is 6.33. The number of aromatic nitrogens is 2. The molecule has 0 atom stereocenters. The van der Waals surface area contributed by atoms with Crippen molar-refractivity contribution in [3.63, 3.8) is 0 Å². The number of oxazole rings is 1. The molecule has 2 rings (SSSR count). The molecule has 3 nitrogen and oxygen atoms in total. The summed E-state index contributed by atoms with van der Waals surface area (Å²) in [5.74, 6) is 0. The van der Waals surface area contributed by atoms with Gasteiger partial charge in [0.25, 0.3) is 0 Å². The fourth-order valence-corrected chi connectivity index (χ4v) is 1.44. The predicted molar refractivity (Wildman–Crippen MR) is 50.5 cm³/mol. The van der Waals surface area contributed by atoms with Crippen molar-refractivity contribution in [2.75, 3.05) is 0 Å². The zero-order valence-corrected chi connectivity index (χ0v) is 7.87. The van der Waals surface area contributed by atoms with Crippen molar-refractivity contribution < 1.29 is 4.42 Å². The van der Waals surface area contributed by atoms with E-state index in [1.165, 1.54) is 6.39 Å². The van der Waals surface area contributed by atoms with Gasteiger partial charge in [-0.3, -0.25) is 4.98 Å². The van der Waals surface area contributed by atoms with Crippen LogP contribution in [-0.4, -0.2) is 9.97 Å². The molecule has 0 aliphatic heterocycles. The minimum atomic E-state index is 0.849. The molecular formula is C10H12N2O. The van der Waals surface area contributed by atoms with Crippen molar-refractivity contribution in [1.29, 1.82) is 0 Å². The van der Waals surface area contributed by atoms with Gasteiger partial charge in [0.2, 0.25) is 0 Å². The molecule has 2 aromatic heterocycles. The largest absolute Gasteiger partial charge is 0.442 e. The molecule has 0 amide bonds. The summed E-state index contributed by atoms with van der Waals surface area (Å²) in [7, 11) is 0. The van der Waals surface area contributed by atoms with Crippen LogP contribution in [0.5, 0.6) is 0 Å². The molecule has 0 saturated heterocycles. The Labute approximate surface area is 76.8 Å². The zero-order chi connectivity index (χ0) is 9.26. The summed E-state index contributed by atoms with van der Waals surface area (Å²) in [6, 6.07) is 0. The number of nitrogens with zero attached hydrogens (tertiary/aromatic N) is 2. The Morgan fingerprint density at radius 2 is 2.23 bits per heavy atom. The number of fused-ring (bicyclic) bond motifs is 1. The summed E-state index contributed by atoms with van der Waals surface area (Å²) >= 11 is 0. The van der Waals surface area contributed by atoms with E-state index in [-0.39, 0.29) is 0 Å². The van der Waals surface area contributed by atoms with Crippen LogP contribution in [0, 0.1) is 6.92 Å². The number of pyridine rings is 1. The lowest BCUT2D eigenvalue weighted by Gasteiger charge is -1.99. The Hall–Kier alpha value is -1.38. The van der Waals surface area contributed by atoms with Crippen LogP contribution in [0.3, 0.4) is 0 Å². The summed E-state index contributed by atoms with van der Waals surface area (Å²) in [4.78, 5) is 8.49. The van der Waals surface area contributed by atoms with Crippen molar-refractivity contribution in [1.82, 2.24) is 9.97 Å². The Balaban J connectivity index is 2.64. The highest BCUT2D eigenvalue weighted by Gasteiger charge is 2.08. The standard InChI is InChI=1S/C10H12N2O/c1-3-4-8-10-9(12-6-13-10)7(2)5-11-8/h5-6H,3-4H2,1-2H3.